The van der Waals surface area contributed by atoms with E-state index in [1.54, 1.807) is 0 Å². The predicted molar refractivity (Wildman–Crippen MR) is 39.8 cm³/mol. The molecule has 2 N–H and O–H groups in total. The molecule has 0 spiro atoms. The molecule has 0 saturated carbocycles. The molecule has 1 heterocycles. The van der Waals surface area contributed by atoms with Gasteiger partial charge in [0, 0.05) is 13.1 Å². The van der Waals surface area contributed by atoms with Gasteiger partial charge >= 0.3 is 6.03 Å². The van der Waals surface area contributed by atoms with E-state index in [0.29, 0.717) is 5.92 Å². The smallest absolute Gasteiger partial charge is 0.314 e. The SMILES string of the molecule is CC1CCCNC(=O)NC1. The number of hydrogen-bond donors (Lipinski definition) is 2. The van der Waals surface area contributed by atoms with E-state index in [0.717, 1.165) is 19.5 Å². The summed E-state index contributed by atoms with van der Waals surface area (Å²) in [4.78, 5) is 10.8. The zero-order valence-electron chi connectivity index (χ0n) is 6.31. The molecule has 0 aromatic rings. The Morgan fingerprint density at radius 2 is 2.30 bits per heavy atom. The molecule has 1 aliphatic heterocycles. The van der Waals surface area contributed by atoms with Gasteiger partial charge in [-0.3, -0.25) is 0 Å². The van der Waals surface area contributed by atoms with Crippen LogP contribution in [0.25, 0.3) is 0 Å². The van der Waals surface area contributed by atoms with Gasteiger partial charge in [0.1, 0.15) is 0 Å². The molecular weight excluding hydrogens is 128 g/mol. The van der Waals surface area contributed by atoms with Gasteiger partial charge in [-0.2, -0.15) is 0 Å². The van der Waals surface area contributed by atoms with E-state index < -0.39 is 0 Å². The summed E-state index contributed by atoms with van der Waals surface area (Å²) < 4.78 is 0. The molecule has 1 rings (SSSR count). The van der Waals surface area contributed by atoms with Gasteiger partial charge in [-0.15, -0.1) is 0 Å². The minimum absolute atomic E-state index is 0.0217. The van der Waals surface area contributed by atoms with Crippen molar-refractivity contribution in [3.05, 3.63) is 0 Å². The molecule has 58 valence electrons. The normalized spacial score (nSPS) is 27.7. The van der Waals surface area contributed by atoms with E-state index in [9.17, 15) is 4.79 Å². The number of carbonyl (C=O) groups is 1. The molecule has 1 unspecified atom stereocenters. The van der Waals surface area contributed by atoms with Crippen LogP contribution in [-0.4, -0.2) is 19.1 Å². The number of rotatable bonds is 0. The molecule has 3 nitrogen and oxygen atoms in total. The second-order valence-corrected chi connectivity index (χ2v) is 2.88. The highest BCUT2D eigenvalue weighted by molar-refractivity contribution is 5.73. The minimum atomic E-state index is -0.0217. The summed E-state index contributed by atoms with van der Waals surface area (Å²) in [6.45, 7) is 3.79. The van der Waals surface area contributed by atoms with Gasteiger partial charge in [0.15, 0.2) is 0 Å². The molecule has 0 bridgehead atoms. The second kappa shape index (κ2) is 3.44. The fourth-order valence-corrected chi connectivity index (χ4v) is 1.08. The first-order valence-corrected chi connectivity index (χ1v) is 3.81. The largest absolute Gasteiger partial charge is 0.338 e. The fraction of sp³-hybridized carbons (Fsp3) is 0.857. The molecule has 2 amide bonds. The lowest BCUT2D eigenvalue weighted by atomic mass is 10.1. The third-order valence-electron chi connectivity index (χ3n) is 1.77. The Hall–Kier alpha value is -0.730. The molecule has 0 aromatic heterocycles. The quantitative estimate of drug-likeness (QED) is 0.514. The molecule has 0 aromatic carbocycles. The predicted octanol–water partition coefficient (Wildman–Crippen LogP) is 0.715. The molecule has 3 heteroatoms. The van der Waals surface area contributed by atoms with Crippen molar-refractivity contribution < 1.29 is 4.79 Å². The van der Waals surface area contributed by atoms with Crippen LogP contribution in [0, 0.1) is 5.92 Å². The first kappa shape index (κ1) is 7.38. The van der Waals surface area contributed by atoms with E-state index in [-0.39, 0.29) is 6.03 Å². The molecule has 0 aliphatic carbocycles. The van der Waals surface area contributed by atoms with Crippen molar-refractivity contribution in [2.24, 2.45) is 5.92 Å². The van der Waals surface area contributed by atoms with E-state index >= 15 is 0 Å². The van der Waals surface area contributed by atoms with Gasteiger partial charge < -0.3 is 10.6 Å². The van der Waals surface area contributed by atoms with E-state index in [4.69, 9.17) is 0 Å². The Labute approximate surface area is 61.2 Å². The molecule has 0 radical (unpaired) electrons. The Bertz CT molecular complexity index is 125. The van der Waals surface area contributed by atoms with Gasteiger partial charge in [0.2, 0.25) is 0 Å². The maximum atomic E-state index is 10.8. The van der Waals surface area contributed by atoms with Crippen molar-refractivity contribution in [3.8, 4) is 0 Å². The standard InChI is InChI=1S/C7H14N2O/c1-6-3-2-4-8-7(10)9-5-6/h6H,2-5H2,1H3,(H2,8,9,10). The molecule has 1 saturated heterocycles. The highest BCUT2D eigenvalue weighted by atomic mass is 16.2. The minimum Gasteiger partial charge on any atom is -0.338 e. The van der Waals surface area contributed by atoms with E-state index in [1.165, 1.54) is 6.42 Å². The Kier molecular flexibility index (Phi) is 2.54. The van der Waals surface area contributed by atoms with E-state index in [2.05, 4.69) is 17.6 Å². The van der Waals surface area contributed by atoms with Crippen molar-refractivity contribution in [2.75, 3.05) is 13.1 Å². The van der Waals surface area contributed by atoms with Crippen LogP contribution in [0.2, 0.25) is 0 Å². The molecule has 1 aliphatic rings. The average molecular weight is 142 g/mol. The van der Waals surface area contributed by atoms with Gasteiger partial charge in [-0.1, -0.05) is 6.92 Å². The molecular formula is C7H14N2O. The number of urea groups is 1. The Morgan fingerprint density at radius 1 is 1.50 bits per heavy atom. The third-order valence-corrected chi connectivity index (χ3v) is 1.77. The Morgan fingerprint density at radius 3 is 3.10 bits per heavy atom. The molecule has 10 heavy (non-hydrogen) atoms. The van der Waals surface area contributed by atoms with Gasteiger partial charge in [-0.05, 0) is 18.8 Å². The maximum absolute atomic E-state index is 10.8. The van der Waals surface area contributed by atoms with Crippen molar-refractivity contribution in [3.63, 3.8) is 0 Å². The lowest BCUT2D eigenvalue weighted by Gasteiger charge is -2.16. The van der Waals surface area contributed by atoms with Crippen LogP contribution >= 0.6 is 0 Å². The van der Waals surface area contributed by atoms with Crippen molar-refractivity contribution in [2.45, 2.75) is 19.8 Å². The summed E-state index contributed by atoms with van der Waals surface area (Å²) in [5.74, 6) is 0.631. The van der Waals surface area contributed by atoms with Crippen LogP contribution in [-0.2, 0) is 0 Å². The van der Waals surface area contributed by atoms with Crippen LogP contribution in [0.4, 0.5) is 4.79 Å². The summed E-state index contributed by atoms with van der Waals surface area (Å²) in [5.41, 5.74) is 0. The van der Waals surface area contributed by atoms with Crippen molar-refractivity contribution in [1.82, 2.24) is 10.6 Å². The first-order chi connectivity index (χ1) is 4.79. The maximum Gasteiger partial charge on any atom is 0.314 e. The fourth-order valence-electron chi connectivity index (χ4n) is 1.08. The number of amides is 2. The van der Waals surface area contributed by atoms with E-state index in [1.807, 2.05) is 0 Å². The summed E-state index contributed by atoms with van der Waals surface area (Å²) in [6, 6.07) is -0.0217. The summed E-state index contributed by atoms with van der Waals surface area (Å²) in [5, 5.41) is 5.54. The topological polar surface area (TPSA) is 41.1 Å². The number of carbonyl (C=O) groups excluding carboxylic acids is 1. The average Bonchev–Trinajstić information content (AvgIpc) is 1.90. The van der Waals surface area contributed by atoms with Crippen molar-refractivity contribution in [1.29, 1.82) is 0 Å². The molecule has 1 atom stereocenters. The van der Waals surface area contributed by atoms with Crippen molar-refractivity contribution >= 4 is 6.03 Å². The second-order valence-electron chi connectivity index (χ2n) is 2.88. The zero-order chi connectivity index (χ0) is 7.40. The van der Waals surface area contributed by atoms with Crippen LogP contribution in [0.15, 0.2) is 0 Å². The lowest BCUT2D eigenvalue weighted by molar-refractivity contribution is 0.235. The molecule has 1 fully saturated rings. The zero-order valence-corrected chi connectivity index (χ0v) is 6.31. The van der Waals surface area contributed by atoms with Gasteiger partial charge in [0.05, 0.1) is 0 Å². The van der Waals surface area contributed by atoms with Gasteiger partial charge in [-0.25, -0.2) is 4.79 Å². The summed E-state index contributed by atoms with van der Waals surface area (Å²) in [7, 11) is 0. The number of hydrogen-bond acceptors (Lipinski definition) is 1. The van der Waals surface area contributed by atoms with Crippen LogP contribution in [0.5, 0.6) is 0 Å². The van der Waals surface area contributed by atoms with Crippen LogP contribution in [0.1, 0.15) is 19.8 Å². The number of nitrogens with one attached hydrogen (secondary N) is 2. The monoisotopic (exact) mass is 142 g/mol. The highest BCUT2D eigenvalue weighted by Crippen LogP contribution is 2.04. The van der Waals surface area contributed by atoms with Gasteiger partial charge in [0.25, 0.3) is 0 Å². The first-order valence-electron chi connectivity index (χ1n) is 3.81. The Balaban J connectivity index is 2.29. The van der Waals surface area contributed by atoms with Crippen LogP contribution in [0.3, 0.4) is 0 Å². The van der Waals surface area contributed by atoms with Crippen LogP contribution < -0.4 is 10.6 Å². The third kappa shape index (κ3) is 2.25. The summed E-state index contributed by atoms with van der Waals surface area (Å²) in [6.07, 6.45) is 2.31. The lowest BCUT2D eigenvalue weighted by Crippen LogP contribution is -2.40. The highest BCUT2D eigenvalue weighted by Gasteiger charge is 2.07. The summed E-state index contributed by atoms with van der Waals surface area (Å²) >= 11 is 0.